The van der Waals surface area contributed by atoms with E-state index in [1.165, 1.54) is 26.3 Å². The van der Waals surface area contributed by atoms with Crippen molar-refractivity contribution in [2.75, 3.05) is 18.2 Å². The molecule has 1 unspecified atom stereocenters. The summed E-state index contributed by atoms with van der Waals surface area (Å²) in [5.41, 5.74) is 0.660. The van der Waals surface area contributed by atoms with Crippen LogP contribution in [0, 0.1) is 5.92 Å². The molecule has 6 nitrogen and oxygen atoms in total. The number of rotatable bonds is 5. The van der Waals surface area contributed by atoms with Gasteiger partial charge >= 0.3 is 5.97 Å². The number of nitrogens with one attached hydrogen (secondary N) is 1. The summed E-state index contributed by atoms with van der Waals surface area (Å²) in [6.45, 7) is 3.20. The van der Waals surface area contributed by atoms with Gasteiger partial charge in [0.15, 0.2) is 5.12 Å². The highest BCUT2D eigenvalue weighted by molar-refractivity contribution is 8.13. The molecule has 1 atom stereocenters. The minimum atomic E-state index is -0.533. The van der Waals surface area contributed by atoms with Crippen molar-refractivity contribution in [1.82, 2.24) is 4.98 Å². The lowest BCUT2D eigenvalue weighted by atomic mass is 10.2. The third-order valence-corrected chi connectivity index (χ3v) is 3.48. The summed E-state index contributed by atoms with van der Waals surface area (Å²) in [6.07, 6.45) is 1.38. The number of amides is 1. The van der Waals surface area contributed by atoms with E-state index >= 15 is 0 Å². The summed E-state index contributed by atoms with van der Waals surface area (Å²) in [4.78, 5) is 37.8. The fraction of sp³-hybridized carbons (Fsp3) is 0.385. The molecule has 1 amide bonds. The number of thioether (sulfide) groups is 1. The number of carbonyl (C=O) groups excluding carboxylic acids is 3. The normalized spacial score (nSPS) is 11.6. The van der Waals surface area contributed by atoms with Crippen molar-refractivity contribution in [3.63, 3.8) is 0 Å². The van der Waals surface area contributed by atoms with Crippen molar-refractivity contribution in [2.24, 2.45) is 5.92 Å². The molecule has 0 spiro atoms. The predicted octanol–water partition coefficient (Wildman–Crippen LogP) is 1.72. The Hall–Kier alpha value is -1.89. The van der Waals surface area contributed by atoms with Gasteiger partial charge in [-0.05, 0) is 12.1 Å². The second kappa shape index (κ2) is 7.64. The van der Waals surface area contributed by atoms with Crippen LogP contribution >= 0.6 is 11.8 Å². The molecule has 0 fully saturated rings. The van der Waals surface area contributed by atoms with Crippen molar-refractivity contribution >= 4 is 34.4 Å². The molecule has 7 heteroatoms. The second-order valence-corrected chi connectivity index (χ2v) is 5.31. The van der Waals surface area contributed by atoms with Crippen molar-refractivity contribution < 1.29 is 19.1 Å². The molecule has 0 saturated heterocycles. The lowest BCUT2D eigenvalue weighted by Crippen LogP contribution is -2.22. The van der Waals surface area contributed by atoms with Gasteiger partial charge in [0.2, 0.25) is 5.91 Å². The van der Waals surface area contributed by atoms with E-state index in [1.807, 2.05) is 0 Å². The molecular weight excluding hydrogens is 280 g/mol. The van der Waals surface area contributed by atoms with E-state index in [4.69, 9.17) is 0 Å². The lowest BCUT2D eigenvalue weighted by molar-refractivity contribution is -0.118. The second-order valence-electron chi connectivity index (χ2n) is 4.12. The number of nitrogens with zero attached hydrogens (tertiary/aromatic N) is 1. The Morgan fingerprint density at radius 2 is 2.10 bits per heavy atom. The molecule has 0 radical (unpaired) electrons. The molecule has 0 aliphatic heterocycles. The van der Waals surface area contributed by atoms with E-state index < -0.39 is 5.97 Å². The largest absolute Gasteiger partial charge is 0.464 e. The summed E-state index contributed by atoms with van der Waals surface area (Å²) < 4.78 is 4.53. The summed E-state index contributed by atoms with van der Waals surface area (Å²) >= 11 is 1.11. The molecule has 1 heterocycles. The Morgan fingerprint density at radius 3 is 2.60 bits per heavy atom. The SMILES string of the molecule is COC(=O)c1ccc(NC(=O)C(C)CSC(C)=O)cn1. The zero-order chi connectivity index (χ0) is 15.1. The van der Waals surface area contributed by atoms with Gasteiger partial charge in [-0.3, -0.25) is 9.59 Å². The van der Waals surface area contributed by atoms with E-state index in [1.54, 1.807) is 13.0 Å². The number of carbonyl (C=O) groups is 3. The Balaban J connectivity index is 2.57. The van der Waals surface area contributed by atoms with Crippen LogP contribution < -0.4 is 5.32 Å². The molecule has 0 aliphatic rings. The Bertz CT molecular complexity index is 502. The van der Waals surface area contributed by atoms with Gasteiger partial charge in [0.05, 0.1) is 19.0 Å². The number of methoxy groups -OCH3 is 1. The molecule has 0 aliphatic carbocycles. The standard InChI is InChI=1S/C13H16N2O4S/c1-8(7-20-9(2)16)12(17)15-10-4-5-11(14-6-10)13(18)19-3/h4-6,8H,7H2,1-3H3,(H,15,17). The third-order valence-electron chi connectivity index (χ3n) is 2.41. The summed E-state index contributed by atoms with van der Waals surface area (Å²) in [5, 5.41) is 2.65. The van der Waals surface area contributed by atoms with Crippen molar-refractivity contribution in [2.45, 2.75) is 13.8 Å². The molecule has 0 aromatic carbocycles. The van der Waals surface area contributed by atoms with Crippen LogP contribution in [0.2, 0.25) is 0 Å². The highest BCUT2D eigenvalue weighted by atomic mass is 32.2. The van der Waals surface area contributed by atoms with Crippen LogP contribution in [0.15, 0.2) is 18.3 Å². The number of hydrogen-bond acceptors (Lipinski definition) is 6. The van der Waals surface area contributed by atoms with Gasteiger partial charge in [-0.25, -0.2) is 9.78 Å². The first kappa shape index (κ1) is 16.2. The van der Waals surface area contributed by atoms with Crippen molar-refractivity contribution in [3.8, 4) is 0 Å². The topological polar surface area (TPSA) is 85.4 Å². The smallest absolute Gasteiger partial charge is 0.356 e. The van der Waals surface area contributed by atoms with Crippen LogP contribution in [-0.2, 0) is 14.3 Å². The van der Waals surface area contributed by atoms with E-state index in [9.17, 15) is 14.4 Å². The fourth-order valence-corrected chi connectivity index (χ4v) is 1.91. The molecule has 108 valence electrons. The highest BCUT2D eigenvalue weighted by Gasteiger charge is 2.14. The minimum absolute atomic E-state index is 0.0197. The molecule has 1 N–H and O–H groups in total. The Labute approximate surface area is 121 Å². The maximum absolute atomic E-state index is 11.8. The first-order valence-corrected chi connectivity index (χ1v) is 6.91. The number of anilines is 1. The average Bonchev–Trinajstić information content (AvgIpc) is 2.44. The lowest BCUT2D eigenvalue weighted by Gasteiger charge is -2.11. The van der Waals surface area contributed by atoms with Gasteiger partial charge in [-0.2, -0.15) is 0 Å². The summed E-state index contributed by atoms with van der Waals surface area (Å²) in [7, 11) is 1.27. The summed E-state index contributed by atoms with van der Waals surface area (Å²) in [5.74, 6) is -0.612. The van der Waals surface area contributed by atoms with Crippen LogP contribution in [0.5, 0.6) is 0 Å². The zero-order valence-corrected chi connectivity index (χ0v) is 12.3. The van der Waals surface area contributed by atoms with E-state index in [0.717, 1.165) is 11.8 Å². The number of ether oxygens (including phenoxy) is 1. The molecule has 0 bridgehead atoms. The van der Waals surface area contributed by atoms with Gasteiger partial charge in [0, 0.05) is 18.6 Å². The molecule has 1 rings (SSSR count). The number of pyridine rings is 1. The van der Waals surface area contributed by atoms with Crippen LogP contribution in [0.1, 0.15) is 24.3 Å². The van der Waals surface area contributed by atoms with E-state index in [0.29, 0.717) is 11.4 Å². The fourth-order valence-electron chi connectivity index (χ4n) is 1.28. The molecule has 20 heavy (non-hydrogen) atoms. The van der Waals surface area contributed by atoms with Gasteiger partial charge in [0.25, 0.3) is 0 Å². The quantitative estimate of drug-likeness (QED) is 0.833. The average molecular weight is 296 g/mol. The third kappa shape index (κ3) is 5.00. The zero-order valence-electron chi connectivity index (χ0n) is 11.5. The Kier molecular flexibility index (Phi) is 6.17. The highest BCUT2D eigenvalue weighted by Crippen LogP contribution is 2.13. The first-order valence-electron chi connectivity index (χ1n) is 5.92. The van der Waals surface area contributed by atoms with Crippen molar-refractivity contribution in [1.29, 1.82) is 0 Å². The first-order chi connectivity index (χ1) is 9.43. The molecule has 1 aromatic heterocycles. The van der Waals surface area contributed by atoms with E-state index in [-0.39, 0.29) is 22.6 Å². The van der Waals surface area contributed by atoms with Gasteiger partial charge in [-0.15, -0.1) is 0 Å². The number of hydrogen-bond donors (Lipinski definition) is 1. The Morgan fingerprint density at radius 1 is 1.40 bits per heavy atom. The molecular formula is C13H16N2O4S. The van der Waals surface area contributed by atoms with Gasteiger partial charge in [0.1, 0.15) is 5.69 Å². The van der Waals surface area contributed by atoms with Crippen LogP contribution in [-0.4, -0.2) is 34.8 Å². The minimum Gasteiger partial charge on any atom is -0.464 e. The van der Waals surface area contributed by atoms with E-state index in [2.05, 4.69) is 15.0 Å². The molecule has 1 aromatic rings. The van der Waals surface area contributed by atoms with Crippen LogP contribution in [0.25, 0.3) is 0 Å². The summed E-state index contributed by atoms with van der Waals surface area (Å²) in [6, 6.07) is 3.04. The van der Waals surface area contributed by atoms with Gasteiger partial charge in [-0.1, -0.05) is 18.7 Å². The maximum atomic E-state index is 11.8. The van der Waals surface area contributed by atoms with Crippen LogP contribution in [0.3, 0.4) is 0 Å². The monoisotopic (exact) mass is 296 g/mol. The predicted molar refractivity (Wildman–Crippen MR) is 76.5 cm³/mol. The van der Waals surface area contributed by atoms with Crippen molar-refractivity contribution in [3.05, 3.63) is 24.0 Å². The number of aromatic nitrogens is 1. The molecule has 0 saturated carbocycles. The number of esters is 1. The maximum Gasteiger partial charge on any atom is 0.356 e. The van der Waals surface area contributed by atoms with Crippen LogP contribution in [0.4, 0.5) is 5.69 Å². The van der Waals surface area contributed by atoms with Gasteiger partial charge < -0.3 is 10.1 Å².